The summed E-state index contributed by atoms with van der Waals surface area (Å²) in [5, 5.41) is 27.8. The number of rotatable bonds is 1. The fourth-order valence-corrected chi connectivity index (χ4v) is 1.91. The highest BCUT2D eigenvalue weighted by molar-refractivity contribution is 5.71. The van der Waals surface area contributed by atoms with Gasteiger partial charge in [0, 0.05) is 0 Å². The van der Waals surface area contributed by atoms with E-state index >= 15 is 0 Å². The van der Waals surface area contributed by atoms with Gasteiger partial charge in [0.25, 0.3) is 0 Å². The van der Waals surface area contributed by atoms with Gasteiger partial charge in [-0.25, -0.2) is 4.79 Å². The first-order chi connectivity index (χ1) is 6.16. The predicted octanol–water partition coefficient (Wildman–Crippen LogP) is -2.10. The molecule has 0 aromatic carbocycles. The Hall–Kier alpha value is -0.850. The minimum Gasteiger partial charge on any atom is -0.447 e. The molecule has 0 bridgehead atoms. The highest BCUT2D eigenvalue weighted by atomic mass is 16.6. The summed E-state index contributed by atoms with van der Waals surface area (Å²) in [5.74, 6) is 0. The Bertz CT molecular complexity index is 231. The molecule has 0 aliphatic carbocycles. The van der Waals surface area contributed by atoms with Crippen molar-refractivity contribution in [3.8, 4) is 0 Å². The molecular weight excluding hydrogens is 178 g/mol. The van der Waals surface area contributed by atoms with Gasteiger partial charge in [0.2, 0.25) is 0 Å². The highest BCUT2D eigenvalue weighted by Gasteiger charge is 2.53. The summed E-state index contributed by atoms with van der Waals surface area (Å²) in [6.45, 7) is -0.294. The van der Waals surface area contributed by atoms with Gasteiger partial charge in [0.15, 0.2) is 0 Å². The summed E-state index contributed by atoms with van der Waals surface area (Å²) in [6.07, 6.45) is -2.69. The monoisotopic (exact) mass is 189 g/mol. The second-order valence-corrected chi connectivity index (χ2v) is 3.28. The molecule has 3 N–H and O–H groups in total. The molecule has 2 heterocycles. The van der Waals surface area contributed by atoms with Crippen molar-refractivity contribution < 1.29 is 24.9 Å². The number of amides is 1. The van der Waals surface area contributed by atoms with Gasteiger partial charge in [0.1, 0.15) is 18.8 Å². The molecule has 0 saturated carbocycles. The maximum Gasteiger partial charge on any atom is 0.410 e. The topological polar surface area (TPSA) is 90.2 Å². The number of fused-ring (bicyclic) bond motifs is 1. The fraction of sp³-hybridized carbons (Fsp3) is 0.857. The zero-order chi connectivity index (χ0) is 9.59. The van der Waals surface area contributed by atoms with Crippen LogP contribution in [0.4, 0.5) is 4.79 Å². The number of hydrogen-bond donors (Lipinski definition) is 3. The van der Waals surface area contributed by atoms with E-state index in [9.17, 15) is 15.0 Å². The minimum atomic E-state index is -1.08. The summed E-state index contributed by atoms with van der Waals surface area (Å²) >= 11 is 0. The predicted molar refractivity (Wildman–Crippen MR) is 39.9 cm³/mol. The minimum absolute atomic E-state index is 0.0769. The molecule has 2 saturated heterocycles. The number of carbonyl (C=O) groups excluding carboxylic acids is 1. The number of aliphatic hydroxyl groups excluding tert-OH is 3. The zero-order valence-corrected chi connectivity index (χ0v) is 6.83. The highest BCUT2D eigenvalue weighted by Crippen LogP contribution is 2.30. The molecule has 4 atom stereocenters. The molecule has 0 aromatic rings. The summed E-state index contributed by atoms with van der Waals surface area (Å²) in [7, 11) is 0. The normalized spacial score (nSPS) is 43.6. The Morgan fingerprint density at radius 1 is 1.46 bits per heavy atom. The van der Waals surface area contributed by atoms with Crippen molar-refractivity contribution in [3.05, 3.63) is 0 Å². The molecule has 0 aromatic heterocycles. The molecule has 2 fully saturated rings. The third kappa shape index (κ3) is 1.03. The first kappa shape index (κ1) is 8.74. The number of nitrogens with zero attached hydrogens (tertiary/aromatic N) is 1. The van der Waals surface area contributed by atoms with E-state index in [4.69, 9.17) is 5.11 Å². The molecule has 13 heavy (non-hydrogen) atoms. The van der Waals surface area contributed by atoms with Crippen LogP contribution < -0.4 is 0 Å². The van der Waals surface area contributed by atoms with Gasteiger partial charge in [-0.2, -0.15) is 0 Å². The molecule has 2 rings (SSSR count). The van der Waals surface area contributed by atoms with Gasteiger partial charge in [-0.3, -0.25) is 4.90 Å². The van der Waals surface area contributed by atoms with E-state index in [-0.39, 0.29) is 13.2 Å². The number of ether oxygens (including phenoxy) is 1. The van der Waals surface area contributed by atoms with Gasteiger partial charge >= 0.3 is 6.09 Å². The number of hydrogen-bond acceptors (Lipinski definition) is 5. The van der Waals surface area contributed by atoms with Gasteiger partial charge in [-0.15, -0.1) is 0 Å². The third-order valence-electron chi connectivity index (χ3n) is 2.63. The molecule has 1 amide bonds. The first-order valence-corrected chi connectivity index (χ1v) is 4.09. The van der Waals surface area contributed by atoms with E-state index < -0.39 is 30.4 Å². The quantitative estimate of drug-likeness (QED) is 0.439. The smallest absolute Gasteiger partial charge is 0.410 e. The summed E-state index contributed by atoms with van der Waals surface area (Å²) in [4.78, 5) is 12.3. The SMILES string of the molecule is O=C1OC[C@@H]2[C@@H](O)[C@H](O)[C@@H](CO)N12. The first-order valence-electron chi connectivity index (χ1n) is 4.09. The van der Waals surface area contributed by atoms with E-state index in [1.165, 1.54) is 4.90 Å². The molecular formula is C7H11NO5. The van der Waals surface area contributed by atoms with Crippen LogP contribution >= 0.6 is 0 Å². The Morgan fingerprint density at radius 2 is 2.15 bits per heavy atom. The van der Waals surface area contributed by atoms with Crippen LogP contribution in [0.15, 0.2) is 0 Å². The average molecular weight is 189 g/mol. The van der Waals surface area contributed by atoms with E-state index in [0.29, 0.717) is 0 Å². The molecule has 0 unspecified atom stereocenters. The Labute approximate surface area is 74.3 Å². The Kier molecular flexibility index (Phi) is 1.90. The second-order valence-electron chi connectivity index (χ2n) is 3.28. The van der Waals surface area contributed by atoms with E-state index in [1.807, 2.05) is 0 Å². The maximum absolute atomic E-state index is 11.1. The van der Waals surface area contributed by atoms with Crippen LogP contribution in [-0.2, 0) is 4.74 Å². The van der Waals surface area contributed by atoms with Crippen molar-refractivity contribution in [1.29, 1.82) is 0 Å². The van der Waals surface area contributed by atoms with Crippen LogP contribution in [-0.4, -0.2) is 63.8 Å². The molecule has 2 aliphatic rings. The number of carbonyl (C=O) groups is 1. The summed E-state index contributed by atoms with van der Waals surface area (Å²) in [5.41, 5.74) is 0. The van der Waals surface area contributed by atoms with Crippen LogP contribution in [0.1, 0.15) is 0 Å². The lowest BCUT2D eigenvalue weighted by molar-refractivity contribution is 0.00834. The lowest BCUT2D eigenvalue weighted by Gasteiger charge is -2.19. The summed E-state index contributed by atoms with van der Waals surface area (Å²) in [6, 6.07) is -1.25. The lowest BCUT2D eigenvalue weighted by Crippen LogP contribution is -2.41. The van der Waals surface area contributed by atoms with Crippen LogP contribution in [0.3, 0.4) is 0 Å². The molecule has 0 radical (unpaired) electrons. The Balaban J connectivity index is 2.25. The zero-order valence-electron chi connectivity index (χ0n) is 6.83. The van der Waals surface area contributed by atoms with Crippen LogP contribution in [0.25, 0.3) is 0 Å². The van der Waals surface area contributed by atoms with Gasteiger partial charge in [-0.1, -0.05) is 0 Å². The number of aliphatic hydroxyl groups is 3. The molecule has 2 aliphatic heterocycles. The van der Waals surface area contributed by atoms with Crippen molar-refractivity contribution in [3.63, 3.8) is 0 Å². The van der Waals surface area contributed by atoms with E-state index in [0.717, 1.165) is 0 Å². The molecule has 0 spiro atoms. The van der Waals surface area contributed by atoms with Gasteiger partial charge in [-0.05, 0) is 0 Å². The molecule has 6 nitrogen and oxygen atoms in total. The van der Waals surface area contributed by atoms with Crippen LogP contribution in [0, 0.1) is 0 Å². The van der Waals surface area contributed by atoms with Gasteiger partial charge < -0.3 is 20.1 Å². The number of cyclic esters (lactones) is 1. The van der Waals surface area contributed by atoms with Crippen molar-refractivity contribution in [2.45, 2.75) is 24.3 Å². The second kappa shape index (κ2) is 2.83. The molecule has 6 heteroatoms. The van der Waals surface area contributed by atoms with Crippen molar-refractivity contribution in [1.82, 2.24) is 4.90 Å². The van der Waals surface area contributed by atoms with Crippen molar-refractivity contribution in [2.75, 3.05) is 13.2 Å². The Morgan fingerprint density at radius 3 is 2.77 bits per heavy atom. The van der Waals surface area contributed by atoms with Crippen molar-refractivity contribution in [2.24, 2.45) is 0 Å². The standard InChI is InChI=1S/C7H11NO5/c9-1-3-5(10)6(11)4-2-13-7(12)8(3)4/h3-6,9-11H,1-2H2/t3-,4-,5-,6-/m1/s1. The van der Waals surface area contributed by atoms with Crippen LogP contribution in [0.5, 0.6) is 0 Å². The van der Waals surface area contributed by atoms with Crippen molar-refractivity contribution >= 4 is 6.09 Å². The average Bonchev–Trinajstić information content (AvgIpc) is 2.58. The van der Waals surface area contributed by atoms with Gasteiger partial charge in [0.05, 0.1) is 18.7 Å². The largest absolute Gasteiger partial charge is 0.447 e. The van der Waals surface area contributed by atoms with E-state index in [1.54, 1.807) is 0 Å². The van der Waals surface area contributed by atoms with Crippen LogP contribution in [0.2, 0.25) is 0 Å². The summed E-state index contributed by atoms with van der Waals surface area (Å²) < 4.78 is 4.68. The lowest BCUT2D eigenvalue weighted by atomic mass is 10.1. The maximum atomic E-state index is 11.1. The molecule has 74 valence electrons. The third-order valence-corrected chi connectivity index (χ3v) is 2.63. The van der Waals surface area contributed by atoms with E-state index in [2.05, 4.69) is 4.74 Å². The fourth-order valence-electron chi connectivity index (χ4n) is 1.91.